The van der Waals surface area contributed by atoms with Crippen LogP contribution in [-0.2, 0) is 12.1 Å². The maximum atomic E-state index is 11.6. The minimum atomic E-state index is -1.12. The fraction of sp³-hybridized carbons (Fsp3) is 0.500. The van der Waals surface area contributed by atoms with Crippen molar-refractivity contribution < 1.29 is 20.1 Å². The van der Waals surface area contributed by atoms with Gasteiger partial charge in [0.05, 0.1) is 32.2 Å². The summed E-state index contributed by atoms with van der Waals surface area (Å²) in [5.74, 6) is 0.862. The van der Waals surface area contributed by atoms with Crippen LogP contribution in [0.15, 0.2) is 61.2 Å². The van der Waals surface area contributed by atoms with E-state index in [1.54, 1.807) is 24.7 Å². The smallest absolute Gasteiger partial charge is 0.119 e. The average Bonchev–Trinajstić information content (AvgIpc) is 3.46. The molecule has 0 saturated carbocycles. The first-order chi connectivity index (χ1) is 19.4. The zero-order valence-electron chi connectivity index (χ0n) is 22.8. The molecule has 3 aromatic rings. The molecule has 40 heavy (non-hydrogen) atoms. The van der Waals surface area contributed by atoms with Gasteiger partial charge in [-0.2, -0.15) is 0 Å². The van der Waals surface area contributed by atoms with E-state index < -0.39 is 11.7 Å². The van der Waals surface area contributed by atoms with E-state index in [0.717, 1.165) is 57.6 Å². The van der Waals surface area contributed by atoms with Crippen LogP contribution in [0.25, 0.3) is 0 Å². The molecule has 3 N–H and O–H groups in total. The molecule has 0 spiro atoms. The number of aliphatic hydroxyl groups is 3. The van der Waals surface area contributed by atoms with Crippen molar-refractivity contribution in [2.75, 3.05) is 50.8 Å². The largest absolute Gasteiger partial charge is 0.494 e. The third kappa shape index (κ3) is 8.83. The summed E-state index contributed by atoms with van der Waals surface area (Å²) in [5, 5.41) is 31.3. The molecule has 4 rings (SSSR count). The van der Waals surface area contributed by atoms with E-state index in [9.17, 15) is 10.2 Å². The quantitative estimate of drug-likeness (QED) is 0.223. The molecule has 2 unspecified atom stereocenters. The topological polar surface area (TPSA) is 94.2 Å². The first-order valence-electron chi connectivity index (χ1n) is 14.0. The Morgan fingerprint density at radius 1 is 0.975 bits per heavy atom. The number of piperazine rings is 1. The van der Waals surface area contributed by atoms with Crippen molar-refractivity contribution >= 4 is 28.9 Å². The summed E-state index contributed by atoms with van der Waals surface area (Å²) >= 11 is 12.6. The predicted molar refractivity (Wildman–Crippen MR) is 159 cm³/mol. The Bertz CT molecular complexity index is 1160. The van der Waals surface area contributed by atoms with E-state index >= 15 is 0 Å². The van der Waals surface area contributed by atoms with Crippen molar-refractivity contribution in [2.45, 2.75) is 50.4 Å². The number of hydrogen-bond acceptors (Lipinski definition) is 7. The van der Waals surface area contributed by atoms with Crippen molar-refractivity contribution in [3.8, 4) is 5.75 Å². The lowest BCUT2D eigenvalue weighted by Gasteiger charge is -2.36. The van der Waals surface area contributed by atoms with Crippen LogP contribution in [0, 0.1) is 0 Å². The summed E-state index contributed by atoms with van der Waals surface area (Å²) in [7, 11) is 0. The van der Waals surface area contributed by atoms with E-state index in [0.29, 0.717) is 41.7 Å². The lowest BCUT2D eigenvalue weighted by Crippen LogP contribution is -2.49. The number of aromatic nitrogens is 2. The Balaban J connectivity index is 1.17. The fourth-order valence-electron chi connectivity index (χ4n) is 5.21. The molecule has 2 aromatic carbocycles. The molecule has 10 heteroatoms. The van der Waals surface area contributed by atoms with Gasteiger partial charge in [0.2, 0.25) is 0 Å². The van der Waals surface area contributed by atoms with Crippen molar-refractivity contribution in [3.05, 3.63) is 76.8 Å². The number of halogens is 2. The second kappa shape index (κ2) is 15.1. The van der Waals surface area contributed by atoms with Crippen LogP contribution in [-0.4, -0.2) is 81.8 Å². The number of benzene rings is 2. The summed E-state index contributed by atoms with van der Waals surface area (Å²) in [6, 6.07) is 13.5. The van der Waals surface area contributed by atoms with Gasteiger partial charge in [-0.25, -0.2) is 4.98 Å². The molecule has 1 aliphatic heterocycles. The van der Waals surface area contributed by atoms with Gasteiger partial charge < -0.3 is 29.5 Å². The van der Waals surface area contributed by atoms with Gasteiger partial charge in [-0.05, 0) is 49.2 Å². The Labute approximate surface area is 246 Å². The standard InChI is InChI=1S/C30H40Cl2N4O4/c31-24-5-10-28(29(32)19-24)30(39,22-35-13-12-33-23-35)11-3-1-2-4-18-40-27-8-6-25(7-9-27)36-16-14-34(15-17-36)20-26(38)21-37/h5-10,12-13,19,23,26,37-39H,1-4,11,14-18,20-22H2. The highest BCUT2D eigenvalue weighted by Crippen LogP contribution is 2.36. The highest BCUT2D eigenvalue weighted by molar-refractivity contribution is 6.35. The van der Waals surface area contributed by atoms with Gasteiger partial charge in [0.15, 0.2) is 0 Å². The van der Waals surface area contributed by atoms with Crippen LogP contribution in [0.4, 0.5) is 5.69 Å². The molecule has 0 aliphatic carbocycles. The number of ether oxygens (including phenoxy) is 1. The molecule has 1 aliphatic rings. The van der Waals surface area contributed by atoms with Crippen molar-refractivity contribution in [2.24, 2.45) is 0 Å². The highest BCUT2D eigenvalue weighted by atomic mass is 35.5. The number of imidazole rings is 1. The Morgan fingerprint density at radius 3 is 2.40 bits per heavy atom. The summed E-state index contributed by atoms with van der Waals surface area (Å²) in [4.78, 5) is 8.61. The lowest BCUT2D eigenvalue weighted by molar-refractivity contribution is 0.00711. The predicted octanol–water partition coefficient (Wildman–Crippen LogP) is 4.58. The zero-order valence-corrected chi connectivity index (χ0v) is 24.3. The van der Waals surface area contributed by atoms with Gasteiger partial charge in [-0.3, -0.25) is 4.90 Å². The molecule has 8 nitrogen and oxygen atoms in total. The maximum Gasteiger partial charge on any atom is 0.119 e. The normalized spacial score (nSPS) is 16.6. The summed E-state index contributed by atoms with van der Waals surface area (Å²) < 4.78 is 7.84. The molecular weight excluding hydrogens is 551 g/mol. The van der Waals surface area contributed by atoms with Gasteiger partial charge in [0.25, 0.3) is 0 Å². The molecule has 2 atom stereocenters. The van der Waals surface area contributed by atoms with Crippen LogP contribution in [0.5, 0.6) is 5.75 Å². The Kier molecular flexibility index (Phi) is 11.5. The molecule has 1 aromatic heterocycles. The van der Waals surface area contributed by atoms with Crippen LogP contribution in [0.2, 0.25) is 10.0 Å². The van der Waals surface area contributed by atoms with Crippen LogP contribution in [0.3, 0.4) is 0 Å². The second-order valence-corrected chi connectivity index (χ2v) is 11.4. The van der Waals surface area contributed by atoms with Gasteiger partial charge in [-0.1, -0.05) is 48.5 Å². The molecule has 218 valence electrons. The molecule has 0 amide bonds. The minimum Gasteiger partial charge on any atom is -0.494 e. The van der Waals surface area contributed by atoms with Crippen LogP contribution in [0.1, 0.15) is 37.7 Å². The zero-order chi connectivity index (χ0) is 28.4. The molecule has 1 fully saturated rings. The summed E-state index contributed by atoms with van der Waals surface area (Å²) in [5.41, 5.74) is 0.730. The highest BCUT2D eigenvalue weighted by Gasteiger charge is 2.31. The average molecular weight is 592 g/mol. The van der Waals surface area contributed by atoms with E-state index in [1.807, 2.05) is 29.0 Å². The third-order valence-corrected chi connectivity index (χ3v) is 7.99. The number of rotatable bonds is 15. The lowest BCUT2D eigenvalue weighted by atomic mass is 9.87. The molecule has 1 saturated heterocycles. The second-order valence-electron chi connectivity index (χ2n) is 10.5. The minimum absolute atomic E-state index is 0.197. The molecule has 0 radical (unpaired) electrons. The van der Waals surface area contributed by atoms with Gasteiger partial charge in [0.1, 0.15) is 11.4 Å². The fourth-order valence-corrected chi connectivity index (χ4v) is 5.79. The number of β-amino-alcohol motifs (C(OH)–C–C–N with tert-alkyl or cyclic N) is 1. The SMILES string of the molecule is OCC(O)CN1CCN(c2ccc(OCCCCCCC(O)(Cn3ccnc3)c3ccc(Cl)cc3Cl)cc2)CC1. The van der Waals surface area contributed by atoms with Gasteiger partial charge in [-0.15, -0.1) is 0 Å². The van der Waals surface area contributed by atoms with E-state index in [4.69, 9.17) is 33.0 Å². The number of unbranched alkanes of at least 4 members (excludes halogenated alkanes) is 3. The van der Waals surface area contributed by atoms with Gasteiger partial charge in [0, 0.05) is 66.4 Å². The maximum absolute atomic E-state index is 11.6. The van der Waals surface area contributed by atoms with E-state index in [1.165, 1.54) is 5.69 Å². The monoisotopic (exact) mass is 590 g/mol. The summed E-state index contributed by atoms with van der Waals surface area (Å²) in [6.45, 7) is 4.84. The van der Waals surface area contributed by atoms with Crippen molar-refractivity contribution in [1.82, 2.24) is 14.5 Å². The van der Waals surface area contributed by atoms with E-state index in [2.05, 4.69) is 26.9 Å². The van der Waals surface area contributed by atoms with Crippen LogP contribution >= 0.6 is 23.2 Å². The number of aliphatic hydroxyl groups excluding tert-OH is 2. The first-order valence-corrected chi connectivity index (χ1v) is 14.7. The van der Waals surface area contributed by atoms with E-state index in [-0.39, 0.29) is 6.61 Å². The summed E-state index contributed by atoms with van der Waals surface area (Å²) in [6.07, 6.45) is 8.91. The number of hydrogen-bond donors (Lipinski definition) is 3. The third-order valence-electron chi connectivity index (χ3n) is 7.44. The Morgan fingerprint density at radius 2 is 1.73 bits per heavy atom. The van der Waals surface area contributed by atoms with Gasteiger partial charge >= 0.3 is 0 Å². The first kappa shape index (κ1) is 30.6. The molecular formula is C30H40Cl2N4O4. The Hall–Kier alpha value is -2.33. The van der Waals surface area contributed by atoms with Crippen molar-refractivity contribution in [3.63, 3.8) is 0 Å². The number of anilines is 1. The molecule has 0 bridgehead atoms. The van der Waals surface area contributed by atoms with Crippen LogP contribution < -0.4 is 9.64 Å². The van der Waals surface area contributed by atoms with Crippen molar-refractivity contribution in [1.29, 1.82) is 0 Å². The molecule has 2 heterocycles. The number of nitrogens with zero attached hydrogens (tertiary/aromatic N) is 4.